The van der Waals surface area contributed by atoms with E-state index in [-0.39, 0.29) is 11.7 Å². The lowest BCUT2D eigenvalue weighted by Gasteiger charge is -2.39. The number of hydrogen-bond donors (Lipinski definition) is 2. The molecule has 1 saturated heterocycles. The molecule has 0 amide bonds. The first kappa shape index (κ1) is 19.0. The maximum Gasteiger partial charge on any atom is 0.161 e. The van der Waals surface area contributed by atoms with Gasteiger partial charge in [-0.05, 0) is 49.8 Å². The van der Waals surface area contributed by atoms with E-state index in [4.69, 9.17) is 14.2 Å². The molecule has 0 spiro atoms. The van der Waals surface area contributed by atoms with Crippen LogP contribution in [0.3, 0.4) is 0 Å². The molecule has 0 unspecified atom stereocenters. The van der Waals surface area contributed by atoms with Crippen LogP contribution in [0.4, 0.5) is 0 Å². The Morgan fingerprint density at radius 2 is 2.08 bits per heavy atom. The molecule has 3 atom stereocenters. The monoisotopic (exact) mass is 337 g/mol. The number of hydrogen-bond acceptors (Lipinski definition) is 5. The summed E-state index contributed by atoms with van der Waals surface area (Å²) in [6, 6.07) is 5.86. The highest BCUT2D eigenvalue weighted by Gasteiger charge is 2.34. The molecule has 1 aliphatic heterocycles. The minimum Gasteiger partial charge on any atom is -0.493 e. The molecule has 2 rings (SSSR count). The second kappa shape index (κ2) is 8.70. The van der Waals surface area contributed by atoms with Crippen molar-refractivity contribution in [3.05, 3.63) is 23.8 Å². The average Bonchev–Trinajstić information content (AvgIpc) is 2.61. The van der Waals surface area contributed by atoms with E-state index in [0.29, 0.717) is 19.0 Å². The lowest BCUT2D eigenvalue weighted by molar-refractivity contribution is -0.107. The molecule has 0 radical (unpaired) electrons. The molecule has 5 nitrogen and oxygen atoms in total. The van der Waals surface area contributed by atoms with Crippen LogP contribution in [0.5, 0.6) is 11.5 Å². The largest absolute Gasteiger partial charge is 0.493 e. The van der Waals surface area contributed by atoms with Gasteiger partial charge in [0.2, 0.25) is 0 Å². The van der Waals surface area contributed by atoms with Crippen LogP contribution in [0.25, 0.3) is 0 Å². The summed E-state index contributed by atoms with van der Waals surface area (Å²) in [5, 5.41) is 13.8. The Morgan fingerprint density at radius 1 is 1.33 bits per heavy atom. The molecule has 1 aliphatic rings. The molecule has 2 N–H and O–H groups in total. The summed E-state index contributed by atoms with van der Waals surface area (Å²) in [5.74, 6) is 1.74. The molecule has 0 saturated carbocycles. The minimum atomic E-state index is -0.347. The number of rotatable bonds is 8. The molecule has 0 aliphatic carbocycles. The van der Waals surface area contributed by atoms with Crippen LogP contribution < -0.4 is 14.8 Å². The Morgan fingerprint density at radius 3 is 2.75 bits per heavy atom. The van der Waals surface area contributed by atoms with Gasteiger partial charge >= 0.3 is 0 Å². The molecule has 0 aromatic heterocycles. The van der Waals surface area contributed by atoms with Crippen molar-refractivity contribution in [2.24, 2.45) is 5.92 Å². The van der Waals surface area contributed by atoms with Crippen molar-refractivity contribution in [1.29, 1.82) is 0 Å². The van der Waals surface area contributed by atoms with Gasteiger partial charge in [-0.25, -0.2) is 0 Å². The Hall–Kier alpha value is -1.30. The van der Waals surface area contributed by atoms with Crippen LogP contribution in [0.2, 0.25) is 0 Å². The van der Waals surface area contributed by atoms with E-state index in [9.17, 15) is 5.11 Å². The zero-order valence-corrected chi connectivity index (χ0v) is 15.3. The highest BCUT2D eigenvalue weighted by molar-refractivity contribution is 5.42. The third-order valence-corrected chi connectivity index (χ3v) is 5.06. The quantitative estimate of drug-likeness (QED) is 0.764. The van der Waals surface area contributed by atoms with E-state index in [2.05, 4.69) is 19.2 Å². The van der Waals surface area contributed by atoms with Crippen molar-refractivity contribution in [3.8, 4) is 11.5 Å². The van der Waals surface area contributed by atoms with Gasteiger partial charge in [0.05, 0.1) is 25.9 Å². The lowest BCUT2D eigenvalue weighted by atomic mass is 9.82. The minimum absolute atomic E-state index is 0.0900. The number of nitrogens with one attached hydrogen (secondary N) is 1. The SMILES string of the molecule is CC[C@@]1(C)C[C@H]([C@H](O)CNCc2ccc(OC)c(OC)c2)CCO1. The first-order valence-corrected chi connectivity index (χ1v) is 8.75. The Kier molecular flexibility index (Phi) is 6.90. The van der Waals surface area contributed by atoms with Crippen molar-refractivity contribution < 1.29 is 19.3 Å². The van der Waals surface area contributed by atoms with Gasteiger partial charge in [-0.1, -0.05) is 13.0 Å². The summed E-state index contributed by atoms with van der Waals surface area (Å²) in [5.41, 5.74) is 1.01. The maximum absolute atomic E-state index is 10.5. The summed E-state index contributed by atoms with van der Waals surface area (Å²) < 4.78 is 16.4. The van der Waals surface area contributed by atoms with E-state index in [0.717, 1.165) is 42.9 Å². The summed E-state index contributed by atoms with van der Waals surface area (Å²) in [6.45, 7) is 6.29. The Balaban J connectivity index is 1.83. The van der Waals surface area contributed by atoms with Crippen molar-refractivity contribution >= 4 is 0 Å². The highest BCUT2D eigenvalue weighted by atomic mass is 16.5. The number of aliphatic hydroxyl groups is 1. The van der Waals surface area contributed by atoms with Crippen molar-refractivity contribution in [2.45, 2.75) is 51.4 Å². The fourth-order valence-corrected chi connectivity index (χ4v) is 3.27. The van der Waals surface area contributed by atoms with Gasteiger partial charge in [0.1, 0.15) is 0 Å². The molecule has 5 heteroatoms. The van der Waals surface area contributed by atoms with Crippen LogP contribution in [0.1, 0.15) is 38.7 Å². The van der Waals surface area contributed by atoms with Crippen molar-refractivity contribution in [2.75, 3.05) is 27.4 Å². The molecule has 24 heavy (non-hydrogen) atoms. The van der Waals surface area contributed by atoms with Gasteiger partial charge in [-0.15, -0.1) is 0 Å². The number of benzene rings is 1. The van der Waals surface area contributed by atoms with E-state index in [1.54, 1.807) is 14.2 Å². The van der Waals surface area contributed by atoms with E-state index in [1.165, 1.54) is 0 Å². The fraction of sp³-hybridized carbons (Fsp3) is 0.684. The topological polar surface area (TPSA) is 60.0 Å². The predicted octanol–water partition coefficient (Wildman–Crippen LogP) is 2.75. The first-order valence-electron chi connectivity index (χ1n) is 8.75. The van der Waals surface area contributed by atoms with Crippen LogP contribution in [0.15, 0.2) is 18.2 Å². The second-order valence-corrected chi connectivity index (χ2v) is 6.79. The van der Waals surface area contributed by atoms with Crippen molar-refractivity contribution in [1.82, 2.24) is 5.32 Å². The number of methoxy groups -OCH3 is 2. The molecule has 1 heterocycles. The lowest BCUT2D eigenvalue weighted by Crippen LogP contribution is -2.43. The normalized spacial score (nSPS) is 25.3. The smallest absolute Gasteiger partial charge is 0.161 e. The molecule has 0 bridgehead atoms. The third-order valence-electron chi connectivity index (χ3n) is 5.06. The summed E-state index contributed by atoms with van der Waals surface area (Å²) in [7, 11) is 3.26. The molecule has 1 aromatic rings. The third kappa shape index (κ3) is 4.85. The number of aliphatic hydroxyl groups excluding tert-OH is 1. The highest BCUT2D eigenvalue weighted by Crippen LogP contribution is 2.33. The first-order chi connectivity index (χ1) is 11.5. The standard InChI is InChI=1S/C19H31NO4/c1-5-19(2)11-15(8-9-24-19)16(21)13-20-12-14-6-7-17(22-3)18(10-14)23-4/h6-7,10,15-16,20-21H,5,8-9,11-13H2,1-4H3/t15-,16-,19+/m1/s1. The van der Waals surface area contributed by atoms with Crippen LogP contribution in [-0.2, 0) is 11.3 Å². The van der Waals surface area contributed by atoms with Crippen LogP contribution in [-0.4, -0.2) is 44.2 Å². The fourth-order valence-electron chi connectivity index (χ4n) is 3.27. The molecular weight excluding hydrogens is 306 g/mol. The van der Waals surface area contributed by atoms with Crippen LogP contribution >= 0.6 is 0 Å². The van der Waals surface area contributed by atoms with Gasteiger partial charge in [0.25, 0.3) is 0 Å². The van der Waals surface area contributed by atoms with Crippen molar-refractivity contribution in [3.63, 3.8) is 0 Å². The van der Waals surface area contributed by atoms with Gasteiger partial charge in [0.15, 0.2) is 11.5 Å². The van der Waals surface area contributed by atoms with E-state index >= 15 is 0 Å². The Labute approximate surface area is 145 Å². The summed E-state index contributed by atoms with van der Waals surface area (Å²) in [4.78, 5) is 0. The van der Waals surface area contributed by atoms with Gasteiger partial charge in [0, 0.05) is 19.7 Å². The van der Waals surface area contributed by atoms with Gasteiger partial charge in [-0.2, -0.15) is 0 Å². The summed E-state index contributed by atoms with van der Waals surface area (Å²) in [6.07, 6.45) is 2.48. The van der Waals surface area contributed by atoms with Crippen LogP contribution in [0, 0.1) is 5.92 Å². The second-order valence-electron chi connectivity index (χ2n) is 6.79. The molecule has 1 aromatic carbocycles. The Bertz CT molecular complexity index is 522. The molecule has 1 fully saturated rings. The van der Waals surface area contributed by atoms with E-state index in [1.807, 2.05) is 18.2 Å². The number of ether oxygens (including phenoxy) is 3. The van der Waals surface area contributed by atoms with E-state index < -0.39 is 0 Å². The van der Waals surface area contributed by atoms with Gasteiger partial charge in [-0.3, -0.25) is 0 Å². The summed E-state index contributed by atoms with van der Waals surface area (Å²) >= 11 is 0. The van der Waals surface area contributed by atoms with Gasteiger partial charge < -0.3 is 24.6 Å². The molecule has 136 valence electrons. The predicted molar refractivity (Wildman–Crippen MR) is 94.6 cm³/mol. The maximum atomic E-state index is 10.5. The zero-order chi connectivity index (χ0) is 17.6. The zero-order valence-electron chi connectivity index (χ0n) is 15.3. The molecular formula is C19H31NO4. The average molecular weight is 337 g/mol.